The Kier molecular flexibility index (Phi) is 7.01. The zero-order valence-electron chi connectivity index (χ0n) is 10.7. The Labute approximate surface area is 103 Å². The van der Waals surface area contributed by atoms with Crippen molar-refractivity contribution in [3.05, 3.63) is 0 Å². The standard InChI is InChI=1S/C13H24O4/c1-2-3-4-5-9-12(17-13(14)15)11-8-6-7-10-16-11/h11-12H,2-10H2,1H3,(H,14,15). The van der Waals surface area contributed by atoms with Crippen LogP contribution < -0.4 is 0 Å². The molecule has 1 rings (SSSR count). The smallest absolute Gasteiger partial charge is 0.450 e. The van der Waals surface area contributed by atoms with Gasteiger partial charge in [-0.2, -0.15) is 0 Å². The predicted molar refractivity (Wildman–Crippen MR) is 65.2 cm³/mol. The summed E-state index contributed by atoms with van der Waals surface area (Å²) in [5, 5.41) is 8.74. The molecule has 4 heteroatoms. The van der Waals surface area contributed by atoms with E-state index in [1.807, 2.05) is 0 Å². The molecule has 0 amide bonds. The van der Waals surface area contributed by atoms with Gasteiger partial charge in [0.25, 0.3) is 0 Å². The van der Waals surface area contributed by atoms with Crippen molar-refractivity contribution in [2.75, 3.05) is 6.61 Å². The van der Waals surface area contributed by atoms with Crippen LogP contribution in [0.1, 0.15) is 58.3 Å². The number of carbonyl (C=O) groups is 1. The number of carboxylic acid groups (broad SMARTS) is 1. The van der Waals surface area contributed by atoms with Gasteiger partial charge in [-0.05, 0) is 32.1 Å². The normalized spacial score (nSPS) is 22.1. The molecular formula is C13H24O4. The summed E-state index contributed by atoms with van der Waals surface area (Å²) in [5.74, 6) is 0. The van der Waals surface area contributed by atoms with Crippen molar-refractivity contribution in [3.8, 4) is 0 Å². The fourth-order valence-electron chi connectivity index (χ4n) is 2.28. The minimum Gasteiger partial charge on any atom is -0.450 e. The van der Waals surface area contributed by atoms with Crippen LogP contribution in [0.2, 0.25) is 0 Å². The average molecular weight is 244 g/mol. The highest BCUT2D eigenvalue weighted by Crippen LogP contribution is 2.22. The van der Waals surface area contributed by atoms with Gasteiger partial charge in [0.15, 0.2) is 0 Å². The molecule has 1 fully saturated rings. The van der Waals surface area contributed by atoms with E-state index in [9.17, 15) is 4.79 Å². The monoisotopic (exact) mass is 244 g/mol. The Bertz CT molecular complexity index is 211. The van der Waals surface area contributed by atoms with Crippen LogP contribution in [0.5, 0.6) is 0 Å². The molecular weight excluding hydrogens is 220 g/mol. The lowest BCUT2D eigenvalue weighted by Crippen LogP contribution is -2.35. The van der Waals surface area contributed by atoms with E-state index in [0.717, 1.165) is 45.1 Å². The van der Waals surface area contributed by atoms with Gasteiger partial charge in [0.2, 0.25) is 0 Å². The summed E-state index contributed by atoms with van der Waals surface area (Å²) in [6, 6.07) is 0. The molecule has 1 aliphatic rings. The van der Waals surface area contributed by atoms with Gasteiger partial charge in [-0.25, -0.2) is 4.79 Å². The highest BCUT2D eigenvalue weighted by Gasteiger charge is 2.27. The third-order valence-electron chi connectivity index (χ3n) is 3.22. The molecule has 4 nitrogen and oxygen atoms in total. The summed E-state index contributed by atoms with van der Waals surface area (Å²) in [6.45, 7) is 2.90. The van der Waals surface area contributed by atoms with Crippen LogP contribution in [-0.4, -0.2) is 30.1 Å². The van der Waals surface area contributed by atoms with Crippen molar-refractivity contribution in [2.24, 2.45) is 0 Å². The number of rotatable bonds is 7. The fraction of sp³-hybridized carbons (Fsp3) is 0.923. The third-order valence-corrected chi connectivity index (χ3v) is 3.22. The van der Waals surface area contributed by atoms with Crippen molar-refractivity contribution < 1.29 is 19.4 Å². The third kappa shape index (κ3) is 5.91. The topological polar surface area (TPSA) is 55.8 Å². The SMILES string of the molecule is CCCCCCC(OC(=O)O)C1CCCCO1. The molecule has 0 bridgehead atoms. The van der Waals surface area contributed by atoms with E-state index >= 15 is 0 Å². The molecule has 0 aromatic heterocycles. The number of ether oxygens (including phenoxy) is 2. The summed E-state index contributed by atoms with van der Waals surface area (Å²) >= 11 is 0. The lowest BCUT2D eigenvalue weighted by atomic mass is 9.99. The lowest BCUT2D eigenvalue weighted by Gasteiger charge is -2.29. The highest BCUT2D eigenvalue weighted by molar-refractivity contribution is 5.57. The Morgan fingerprint density at radius 3 is 2.82 bits per heavy atom. The fourth-order valence-corrected chi connectivity index (χ4v) is 2.28. The molecule has 100 valence electrons. The first-order valence-electron chi connectivity index (χ1n) is 6.75. The van der Waals surface area contributed by atoms with Crippen LogP contribution in [0.4, 0.5) is 4.79 Å². The summed E-state index contributed by atoms with van der Waals surface area (Å²) in [6.07, 6.45) is 6.96. The van der Waals surface area contributed by atoms with Crippen LogP contribution in [0, 0.1) is 0 Å². The number of unbranched alkanes of at least 4 members (excludes halogenated alkanes) is 3. The van der Waals surface area contributed by atoms with Gasteiger partial charge in [-0.3, -0.25) is 0 Å². The Hall–Kier alpha value is -0.770. The molecule has 0 aliphatic carbocycles. The summed E-state index contributed by atoms with van der Waals surface area (Å²) in [4.78, 5) is 10.7. The maximum Gasteiger partial charge on any atom is 0.506 e. The molecule has 17 heavy (non-hydrogen) atoms. The first-order valence-corrected chi connectivity index (χ1v) is 6.75. The van der Waals surface area contributed by atoms with Crippen LogP contribution in [0.3, 0.4) is 0 Å². The first-order chi connectivity index (χ1) is 8.24. The van der Waals surface area contributed by atoms with Gasteiger partial charge in [0.1, 0.15) is 6.10 Å². The second-order valence-corrected chi connectivity index (χ2v) is 4.68. The van der Waals surface area contributed by atoms with Crippen molar-refractivity contribution in [1.29, 1.82) is 0 Å². The van der Waals surface area contributed by atoms with E-state index in [0.29, 0.717) is 0 Å². The van der Waals surface area contributed by atoms with Crippen molar-refractivity contribution in [1.82, 2.24) is 0 Å². The van der Waals surface area contributed by atoms with E-state index < -0.39 is 6.16 Å². The van der Waals surface area contributed by atoms with Crippen LogP contribution in [0.25, 0.3) is 0 Å². The molecule has 2 unspecified atom stereocenters. The maximum absolute atomic E-state index is 10.7. The van der Waals surface area contributed by atoms with Crippen molar-refractivity contribution >= 4 is 6.16 Å². The minimum absolute atomic E-state index is 0.0264. The van der Waals surface area contributed by atoms with Crippen LogP contribution >= 0.6 is 0 Å². The number of hydrogen-bond donors (Lipinski definition) is 1. The van der Waals surface area contributed by atoms with E-state index in [-0.39, 0.29) is 12.2 Å². The van der Waals surface area contributed by atoms with Crippen molar-refractivity contribution in [2.45, 2.75) is 70.5 Å². The predicted octanol–water partition coefficient (Wildman–Crippen LogP) is 3.59. The van der Waals surface area contributed by atoms with Gasteiger partial charge >= 0.3 is 6.16 Å². The number of hydrogen-bond acceptors (Lipinski definition) is 3. The van der Waals surface area contributed by atoms with Gasteiger partial charge < -0.3 is 14.6 Å². The van der Waals surface area contributed by atoms with Gasteiger partial charge in [0.05, 0.1) is 6.10 Å². The molecule has 0 saturated carbocycles. The zero-order valence-corrected chi connectivity index (χ0v) is 10.7. The second-order valence-electron chi connectivity index (χ2n) is 4.68. The molecule has 1 saturated heterocycles. The summed E-state index contributed by atoms with van der Waals surface area (Å²) in [5.41, 5.74) is 0. The Morgan fingerprint density at radius 1 is 1.41 bits per heavy atom. The van der Waals surface area contributed by atoms with Crippen LogP contribution in [-0.2, 0) is 9.47 Å². The van der Waals surface area contributed by atoms with E-state index in [1.54, 1.807) is 0 Å². The van der Waals surface area contributed by atoms with Crippen molar-refractivity contribution in [3.63, 3.8) is 0 Å². The summed E-state index contributed by atoms with van der Waals surface area (Å²) < 4.78 is 10.6. The Morgan fingerprint density at radius 2 is 2.24 bits per heavy atom. The molecule has 0 spiro atoms. The maximum atomic E-state index is 10.7. The summed E-state index contributed by atoms with van der Waals surface area (Å²) in [7, 11) is 0. The highest BCUT2D eigenvalue weighted by atomic mass is 16.7. The zero-order chi connectivity index (χ0) is 12.5. The van der Waals surface area contributed by atoms with Gasteiger partial charge in [0, 0.05) is 6.61 Å². The van der Waals surface area contributed by atoms with Crippen LogP contribution in [0.15, 0.2) is 0 Å². The van der Waals surface area contributed by atoms with E-state index in [1.165, 1.54) is 12.8 Å². The Balaban J connectivity index is 2.33. The first kappa shape index (κ1) is 14.3. The molecule has 1 N–H and O–H groups in total. The van der Waals surface area contributed by atoms with E-state index in [4.69, 9.17) is 14.6 Å². The molecule has 0 aromatic carbocycles. The molecule has 1 heterocycles. The quantitative estimate of drug-likeness (QED) is 0.549. The van der Waals surface area contributed by atoms with Gasteiger partial charge in [-0.1, -0.05) is 26.2 Å². The second kappa shape index (κ2) is 8.34. The molecule has 0 radical (unpaired) electrons. The molecule has 0 aromatic rings. The molecule has 2 atom stereocenters. The van der Waals surface area contributed by atoms with Gasteiger partial charge in [-0.15, -0.1) is 0 Å². The largest absolute Gasteiger partial charge is 0.506 e. The molecule has 1 aliphatic heterocycles. The minimum atomic E-state index is -1.18. The van der Waals surface area contributed by atoms with E-state index in [2.05, 4.69) is 6.92 Å². The lowest BCUT2D eigenvalue weighted by molar-refractivity contribution is -0.0788. The average Bonchev–Trinajstić information content (AvgIpc) is 2.34.